The SMILES string of the molecule is CC(N)C(C)C(=O)Nc1ccc2oc(=O)n(CCN(C)C)c2c1.Cl.Cl. The van der Waals surface area contributed by atoms with Crippen LogP contribution in [-0.2, 0) is 11.3 Å². The van der Waals surface area contributed by atoms with Crippen LogP contribution in [0.15, 0.2) is 27.4 Å². The molecule has 7 nitrogen and oxygen atoms in total. The van der Waals surface area contributed by atoms with E-state index >= 15 is 0 Å². The molecule has 0 radical (unpaired) electrons. The summed E-state index contributed by atoms with van der Waals surface area (Å²) in [5.74, 6) is -0.842. The number of nitrogens with one attached hydrogen (secondary N) is 1. The van der Waals surface area contributed by atoms with E-state index in [1.54, 1.807) is 36.6 Å². The van der Waals surface area contributed by atoms with Gasteiger partial charge in [-0.2, -0.15) is 0 Å². The molecule has 0 aliphatic carbocycles. The molecule has 0 spiro atoms. The van der Waals surface area contributed by atoms with E-state index in [0.29, 0.717) is 29.9 Å². The second kappa shape index (κ2) is 9.82. The first-order valence-corrected chi connectivity index (χ1v) is 7.64. The summed E-state index contributed by atoms with van der Waals surface area (Å²) in [4.78, 5) is 26.0. The number of hydrogen-bond donors (Lipinski definition) is 2. The molecule has 0 aliphatic rings. The molecule has 0 saturated heterocycles. The van der Waals surface area contributed by atoms with E-state index in [4.69, 9.17) is 10.2 Å². The molecule has 142 valence electrons. The maximum atomic E-state index is 12.1. The van der Waals surface area contributed by atoms with Crippen molar-refractivity contribution in [1.29, 1.82) is 0 Å². The number of aromatic nitrogens is 1. The van der Waals surface area contributed by atoms with E-state index in [-0.39, 0.29) is 42.7 Å². The molecule has 2 atom stereocenters. The van der Waals surface area contributed by atoms with E-state index in [2.05, 4.69) is 5.32 Å². The van der Waals surface area contributed by atoms with Crippen molar-refractivity contribution in [2.24, 2.45) is 11.7 Å². The van der Waals surface area contributed by atoms with Gasteiger partial charge in [-0.1, -0.05) is 6.92 Å². The van der Waals surface area contributed by atoms with Gasteiger partial charge in [0, 0.05) is 24.8 Å². The van der Waals surface area contributed by atoms with Crippen molar-refractivity contribution in [3.8, 4) is 0 Å². The maximum Gasteiger partial charge on any atom is 0.419 e. The number of amides is 1. The van der Waals surface area contributed by atoms with Gasteiger partial charge in [0.15, 0.2) is 5.58 Å². The number of nitrogens with two attached hydrogens (primary N) is 1. The summed E-state index contributed by atoms with van der Waals surface area (Å²) in [6.45, 7) is 4.81. The zero-order chi connectivity index (χ0) is 17.1. The van der Waals surface area contributed by atoms with E-state index in [1.807, 2.05) is 19.0 Å². The maximum absolute atomic E-state index is 12.1. The Bertz CT molecular complexity index is 755. The number of halogens is 2. The van der Waals surface area contributed by atoms with Gasteiger partial charge in [0.05, 0.1) is 11.4 Å². The van der Waals surface area contributed by atoms with Crippen molar-refractivity contribution in [2.45, 2.75) is 26.4 Å². The number of anilines is 1. The number of fused-ring (bicyclic) bond motifs is 1. The highest BCUT2D eigenvalue weighted by molar-refractivity contribution is 5.94. The summed E-state index contributed by atoms with van der Waals surface area (Å²) in [5, 5.41) is 2.83. The molecule has 0 fully saturated rings. The minimum Gasteiger partial charge on any atom is -0.408 e. The third kappa shape index (κ3) is 5.74. The van der Waals surface area contributed by atoms with Crippen molar-refractivity contribution >= 4 is 47.5 Å². The van der Waals surface area contributed by atoms with Crippen LogP contribution in [-0.4, -0.2) is 42.1 Å². The highest BCUT2D eigenvalue weighted by atomic mass is 35.5. The minimum atomic E-state index is -0.394. The van der Waals surface area contributed by atoms with Crippen LogP contribution in [0.5, 0.6) is 0 Å². The molecule has 0 bridgehead atoms. The predicted molar refractivity (Wildman–Crippen MR) is 105 cm³/mol. The Labute approximate surface area is 159 Å². The third-order valence-electron chi connectivity index (χ3n) is 3.91. The number of nitrogens with zero attached hydrogens (tertiary/aromatic N) is 2. The standard InChI is InChI=1S/C16H24N4O3.2ClH/c1-10(11(2)17)15(21)18-12-5-6-14-13(9-12)20(16(22)23-14)8-7-19(3)4;;/h5-6,9-11H,7-8,17H2,1-4H3,(H,18,21);2*1H. The fourth-order valence-corrected chi connectivity index (χ4v) is 2.15. The van der Waals surface area contributed by atoms with Gasteiger partial charge < -0.3 is 20.4 Å². The Hall–Kier alpha value is -1.54. The predicted octanol–water partition coefficient (Wildman–Crippen LogP) is 1.92. The molecule has 3 N–H and O–H groups in total. The lowest BCUT2D eigenvalue weighted by Crippen LogP contribution is -2.34. The molecule has 0 aliphatic heterocycles. The summed E-state index contributed by atoms with van der Waals surface area (Å²) < 4.78 is 6.80. The molecule has 1 heterocycles. The number of carbonyl (C=O) groups excluding carboxylic acids is 1. The molecule has 2 unspecified atom stereocenters. The number of benzene rings is 1. The summed E-state index contributed by atoms with van der Waals surface area (Å²) >= 11 is 0. The van der Waals surface area contributed by atoms with Crippen LogP contribution < -0.4 is 16.8 Å². The minimum absolute atomic E-state index is 0. The molecule has 1 amide bonds. The van der Waals surface area contributed by atoms with E-state index in [9.17, 15) is 9.59 Å². The van der Waals surface area contributed by atoms with Crippen molar-refractivity contribution in [3.63, 3.8) is 0 Å². The summed E-state index contributed by atoms with van der Waals surface area (Å²) in [7, 11) is 3.88. The largest absolute Gasteiger partial charge is 0.419 e. The molecule has 9 heteroatoms. The molecule has 1 aromatic carbocycles. The highest BCUT2D eigenvalue weighted by Crippen LogP contribution is 2.19. The lowest BCUT2D eigenvalue weighted by molar-refractivity contribution is -0.119. The number of hydrogen-bond acceptors (Lipinski definition) is 5. The molecule has 1 aromatic heterocycles. The molecular formula is C16H26Cl2N4O3. The Kier molecular flexibility index (Phi) is 9.21. The van der Waals surface area contributed by atoms with E-state index in [1.165, 1.54) is 0 Å². The molecule has 25 heavy (non-hydrogen) atoms. The average molecular weight is 393 g/mol. The van der Waals surface area contributed by atoms with Crippen LogP contribution in [0.2, 0.25) is 0 Å². The number of oxazole rings is 1. The Balaban J connectivity index is 0.00000288. The molecule has 2 rings (SSSR count). The van der Waals surface area contributed by atoms with Gasteiger partial charge in [-0.05, 0) is 39.2 Å². The topological polar surface area (TPSA) is 93.5 Å². The first-order valence-electron chi connectivity index (χ1n) is 7.64. The van der Waals surface area contributed by atoms with Crippen molar-refractivity contribution in [3.05, 3.63) is 28.7 Å². The molecule has 0 saturated carbocycles. The van der Waals surface area contributed by atoms with Crippen LogP contribution >= 0.6 is 24.8 Å². The first kappa shape index (κ1) is 23.5. The van der Waals surface area contributed by atoms with Crippen LogP contribution in [0.3, 0.4) is 0 Å². The lowest BCUT2D eigenvalue weighted by Gasteiger charge is -2.15. The van der Waals surface area contributed by atoms with Gasteiger partial charge in [0.25, 0.3) is 0 Å². The van der Waals surface area contributed by atoms with Gasteiger partial charge in [0.1, 0.15) is 0 Å². The van der Waals surface area contributed by atoms with Crippen LogP contribution in [0.4, 0.5) is 5.69 Å². The third-order valence-corrected chi connectivity index (χ3v) is 3.91. The lowest BCUT2D eigenvalue weighted by atomic mass is 10.0. The second-order valence-electron chi connectivity index (χ2n) is 6.14. The van der Waals surface area contributed by atoms with Gasteiger partial charge >= 0.3 is 5.76 Å². The zero-order valence-corrected chi connectivity index (χ0v) is 16.4. The summed E-state index contributed by atoms with van der Waals surface area (Å²) in [6, 6.07) is 4.93. The zero-order valence-electron chi connectivity index (χ0n) is 14.8. The smallest absolute Gasteiger partial charge is 0.408 e. The summed E-state index contributed by atoms with van der Waals surface area (Å²) in [6.07, 6.45) is 0. The van der Waals surface area contributed by atoms with E-state index < -0.39 is 5.76 Å². The van der Waals surface area contributed by atoms with Gasteiger partial charge in [-0.3, -0.25) is 9.36 Å². The molecular weight excluding hydrogens is 367 g/mol. The second-order valence-corrected chi connectivity index (χ2v) is 6.14. The van der Waals surface area contributed by atoms with Crippen LogP contribution in [0.25, 0.3) is 11.1 Å². The number of rotatable bonds is 6. The number of carbonyl (C=O) groups is 1. The van der Waals surface area contributed by atoms with Gasteiger partial charge in [-0.15, -0.1) is 24.8 Å². The van der Waals surface area contributed by atoms with Crippen LogP contribution in [0.1, 0.15) is 13.8 Å². The Morgan fingerprint density at radius 3 is 2.52 bits per heavy atom. The Morgan fingerprint density at radius 2 is 1.96 bits per heavy atom. The highest BCUT2D eigenvalue weighted by Gasteiger charge is 2.18. The van der Waals surface area contributed by atoms with E-state index in [0.717, 1.165) is 0 Å². The first-order chi connectivity index (χ1) is 10.8. The quantitative estimate of drug-likeness (QED) is 0.782. The van der Waals surface area contributed by atoms with Crippen molar-refractivity contribution in [1.82, 2.24) is 9.47 Å². The average Bonchev–Trinajstić information content (AvgIpc) is 2.79. The summed E-state index contributed by atoms with van der Waals surface area (Å²) in [5.41, 5.74) is 7.55. The fraction of sp³-hybridized carbons (Fsp3) is 0.500. The monoisotopic (exact) mass is 392 g/mol. The van der Waals surface area contributed by atoms with Crippen LogP contribution in [0, 0.1) is 5.92 Å². The normalized spacial score (nSPS) is 13.0. The van der Waals surface area contributed by atoms with Crippen molar-refractivity contribution in [2.75, 3.05) is 26.0 Å². The molecule has 2 aromatic rings. The number of likely N-dealkylation sites (N-methyl/N-ethyl adjacent to an activating group) is 1. The van der Waals surface area contributed by atoms with Gasteiger partial charge in [0.2, 0.25) is 5.91 Å². The Morgan fingerprint density at radius 1 is 1.32 bits per heavy atom. The van der Waals surface area contributed by atoms with Crippen molar-refractivity contribution < 1.29 is 9.21 Å². The fourth-order valence-electron chi connectivity index (χ4n) is 2.15. The van der Waals surface area contributed by atoms with Gasteiger partial charge in [-0.25, -0.2) is 4.79 Å².